The number of nitriles is 1. The molecule has 0 bridgehead atoms. The van der Waals surface area contributed by atoms with Crippen molar-refractivity contribution in [1.29, 1.82) is 5.26 Å². The lowest BCUT2D eigenvalue weighted by Gasteiger charge is -2.21. The number of unbranched alkanes of at least 4 members (excludes halogenated alkanes) is 32. The molecule has 0 amide bonds. The molecular weight excluding hydrogens is 1210 g/mol. The fourth-order valence-corrected chi connectivity index (χ4v) is 19.9. The van der Waals surface area contributed by atoms with E-state index in [-0.39, 0.29) is 24.9 Å². The minimum Gasteiger partial charge on any atom is -0.274 e. The minimum atomic E-state index is -0.394. The number of nitrogens with zero attached hydrogens (tertiary/aromatic N) is 4. The summed E-state index contributed by atoms with van der Waals surface area (Å²) in [6.07, 6.45) is 47.6. The van der Waals surface area contributed by atoms with Gasteiger partial charge in [0.25, 0.3) is 22.2 Å². The maximum absolute atomic E-state index is 16.2. The van der Waals surface area contributed by atoms with Crippen LogP contribution in [0, 0.1) is 29.7 Å². The first-order valence-corrected chi connectivity index (χ1v) is 40.0. The second-order valence-electron chi connectivity index (χ2n) is 26.9. The summed E-state index contributed by atoms with van der Waals surface area (Å²) in [6, 6.07) is 21.8. The predicted molar refractivity (Wildman–Crippen MR) is 401 cm³/mol. The molecule has 0 N–H and O–H groups in total. The molecule has 8 nitrogen and oxygen atoms in total. The number of aromatic nitrogens is 2. The van der Waals surface area contributed by atoms with E-state index >= 15 is 19.2 Å². The van der Waals surface area contributed by atoms with Crippen LogP contribution in [-0.4, -0.2) is 9.13 Å². The number of fused-ring (bicyclic) bond motifs is 6. The average molecular weight is 1320 g/mol. The number of pyridine rings is 2. The first kappa shape index (κ1) is 72.6. The van der Waals surface area contributed by atoms with Crippen molar-refractivity contribution in [3.63, 3.8) is 0 Å². The number of hydrogen-bond donors (Lipinski definition) is 0. The molecule has 0 spiro atoms. The number of hydrogen-bond acceptors (Lipinski definition) is 9. The van der Waals surface area contributed by atoms with E-state index in [1.807, 2.05) is 60.7 Å². The average Bonchev–Trinajstić information content (AvgIpc) is 1.29. The summed E-state index contributed by atoms with van der Waals surface area (Å²) in [5, 5.41) is 13.2. The van der Waals surface area contributed by atoms with Crippen LogP contribution in [0.25, 0.3) is 67.2 Å². The van der Waals surface area contributed by atoms with Crippen molar-refractivity contribution in [2.24, 2.45) is 11.8 Å². The Labute approximate surface area is 566 Å². The Morgan fingerprint density at radius 3 is 0.913 bits per heavy atom. The Hall–Kier alpha value is -5.24. The molecule has 92 heavy (non-hydrogen) atoms. The lowest BCUT2D eigenvalue weighted by atomic mass is 9.92. The largest absolute Gasteiger partial charge is 0.274 e. The third-order valence-corrected chi connectivity index (χ3v) is 24.9. The zero-order chi connectivity index (χ0) is 64.9. The van der Waals surface area contributed by atoms with Crippen LogP contribution in [0.3, 0.4) is 0 Å². The molecule has 0 saturated carbocycles. The zero-order valence-electron chi connectivity index (χ0n) is 56.7. The van der Waals surface area contributed by atoms with E-state index in [0.717, 1.165) is 88.2 Å². The molecule has 2 atom stereocenters. The van der Waals surface area contributed by atoms with Gasteiger partial charge in [-0.1, -0.05) is 320 Å². The summed E-state index contributed by atoms with van der Waals surface area (Å²) >= 11 is 5.45. The Balaban J connectivity index is 1.31. The van der Waals surface area contributed by atoms with Gasteiger partial charge < -0.3 is 0 Å². The van der Waals surface area contributed by atoms with Crippen LogP contribution < -0.4 is 29.9 Å². The van der Waals surface area contributed by atoms with E-state index in [1.165, 1.54) is 234 Å². The molecule has 12 heteroatoms. The Morgan fingerprint density at radius 1 is 0.380 bits per heavy atom. The van der Waals surface area contributed by atoms with Gasteiger partial charge in [0.05, 0.1) is 60.2 Å². The van der Waals surface area contributed by atoms with Gasteiger partial charge in [-0.05, 0) is 48.6 Å². The van der Waals surface area contributed by atoms with Gasteiger partial charge in [-0.2, -0.15) is 5.26 Å². The highest BCUT2D eigenvalue weighted by Crippen LogP contribution is 2.45. The van der Waals surface area contributed by atoms with Crippen LogP contribution in [-0.2, 0) is 13.1 Å². The van der Waals surface area contributed by atoms with Crippen LogP contribution in [0.5, 0.6) is 0 Å². The van der Waals surface area contributed by atoms with Gasteiger partial charge in [0, 0.05) is 23.9 Å². The van der Waals surface area contributed by atoms with Crippen LogP contribution >= 0.6 is 45.3 Å². The summed E-state index contributed by atoms with van der Waals surface area (Å²) in [6.45, 7) is 18.2. The van der Waals surface area contributed by atoms with Gasteiger partial charge in [-0.15, -0.1) is 45.3 Å². The van der Waals surface area contributed by atoms with Crippen LogP contribution in [0.2, 0.25) is 0 Å². The van der Waals surface area contributed by atoms with Gasteiger partial charge in [0.2, 0.25) is 5.70 Å². The molecule has 0 fully saturated rings. The van der Waals surface area contributed by atoms with Gasteiger partial charge >= 0.3 is 0 Å². The molecule has 8 aromatic rings. The topological polar surface area (TPSA) is 106 Å². The van der Waals surface area contributed by atoms with Crippen molar-refractivity contribution in [2.45, 2.75) is 298 Å². The maximum Gasteiger partial charge on any atom is 0.262 e. The fourth-order valence-electron chi connectivity index (χ4n) is 14.3. The van der Waals surface area contributed by atoms with Crippen molar-refractivity contribution in [3.8, 4) is 6.07 Å². The van der Waals surface area contributed by atoms with E-state index < -0.39 is 22.2 Å². The highest BCUT2D eigenvalue weighted by Gasteiger charge is 2.31. The predicted octanol–water partition coefficient (Wildman–Crippen LogP) is 22.9. The van der Waals surface area contributed by atoms with Crippen molar-refractivity contribution in [2.75, 3.05) is 0 Å². The molecule has 0 radical (unpaired) electrons. The third-order valence-electron chi connectivity index (χ3n) is 19.7. The lowest BCUT2D eigenvalue weighted by Crippen LogP contribution is -2.38. The first-order chi connectivity index (χ1) is 45.2. The second-order valence-corrected chi connectivity index (χ2v) is 31.5. The first-order valence-electron chi connectivity index (χ1n) is 36.7. The lowest BCUT2D eigenvalue weighted by molar-refractivity contribution is 0.350. The molecule has 496 valence electrons. The summed E-state index contributed by atoms with van der Waals surface area (Å²) < 4.78 is 6.75. The second kappa shape index (κ2) is 39.6. The summed E-state index contributed by atoms with van der Waals surface area (Å²) in [4.78, 5) is 68.9. The Kier molecular flexibility index (Phi) is 31.2. The summed E-state index contributed by atoms with van der Waals surface area (Å²) in [5.41, 5.74) is 0.799. The third kappa shape index (κ3) is 19.5. The van der Waals surface area contributed by atoms with E-state index in [1.54, 1.807) is 0 Å². The molecule has 0 saturated heterocycles. The monoisotopic (exact) mass is 1320 g/mol. The molecule has 0 aliphatic carbocycles. The van der Waals surface area contributed by atoms with E-state index in [0.29, 0.717) is 70.1 Å². The Bertz CT molecular complexity index is 3610. The molecule has 0 aliphatic rings. The highest BCUT2D eigenvalue weighted by molar-refractivity contribution is 7.38. The van der Waals surface area contributed by atoms with Crippen LogP contribution in [0.4, 0.5) is 0 Å². The number of benzene rings is 4. The standard InChI is InChI=1S/C80H108N4O4S4/c1-6-10-14-18-22-26-28-32-36-42-50-59(48-40-34-30-24-20-16-12-8-3)57-83-75(85)66-64-65-67(72-71(66)89-79(90-72)63(56-81)61-52-44-38-45-53-61)76(86)84(58-60(49-41-35-31-25-21-17-13-9-4)51-43-37-33-29-27-23-19-15-11-7-2)78(88)69(65)74-73(68(64)77(83)87)91-80(92-74)70(82-5)62-54-46-39-47-55-62/h38-39,44-47,52-55,59-60H,6-37,40-43,48-51,57-58H2,1-4H3. The Morgan fingerprint density at radius 2 is 0.641 bits per heavy atom. The summed E-state index contributed by atoms with van der Waals surface area (Å²) in [5.74, 6) is 0.182. The van der Waals surface area contributed by atoms with Crippen molar-refractivity contribution < 1.29 is 0 Å². The quantitative estimate of drug-likeness (QED) is 0.0215. The molecule has 4 aromatic heterocycles. The molecule has 0 aliphatic heterocycles. The van der Waals surface area contributed by atoms with Crippen LogP contribution in [0.15, 0.2) is 79.8 Å². The highest BCUT2D eigenvalue weighted by atomic mass is 32.2. The molecule has 4 aromatic carbocycles. The minimum absolute atomic E-state index is 0.0911. The molecule has 2 unspecified atom stereocenters. The van der Waals surface area contributed by atoms with Crippen LogP contribution in [0.1, 0.15) is 296 Å². The molecular formula is C80H108N4O4S4. The fraction of sp³-hybridized carbons (Fsp3) is 0.600. The SMILES string of the molecule is [C-]#[N+]C(c1ccccc1)=c1sc2c(s1)c1c(=O)n(CC(CCCCCCCCCC)CCCCCCCCCCCC)c(=O)c3c4sc(=C(C#N)c5ccccc5)sc4c4c(=O)n(CC(CCCCCCCCCC)CCCCCCCCCCCC)c(=O)c2c4c31. The van der Waals surface area contributed by atoms with Gasteiger partial charge in [0.15, 0.2) is 0 Å². The molecule has 4 heterocycles. The number of rotatable bonds is 46. The smallest absolute Gasteiger partial charge is 0.262 e. The van der Waals surface area contributed by atoms with Crippen molar-refractivity contribution in [3.05, 3.63) is 132 Å². The van der Waals surface area contributed by atoms with Gasteiger partial charge in [0.1, 0.15) is 6.07 Å². The van der Waals surface area contributed by atoms with E-state index in [2.05, 4.69) is 38.6 Å². The summed E-state index contributed by atoms with van der Waals surface area (Å²) in [7, 11) is 0. The van der Waals surface area contributed by atoms with Gasteiger partial charge in [-0.3, -0.25) is 28.3 Å². The normalized spacial score (nSPS) is 12.5. The van der Waals surface area contributed by atoms with Gasteiger partial charge in [-0.25, -0.2) is 4.85 Å². The van der Waals surface area contributed by atoms with E-state index in [9.17, 15) is 5.26 Å². The maximum atomic E-state index is 16.2. The van der Waals surface area contributed by atoms with E-state index in [4.69, 9.17) is 6.57 Å². The molecule has 8 rings (SSSR count). The zero-order valence-corrected chi connectivity index (χ0v) is 59.9. The van der Waals surface area contributed by atoms with Crippen molar-refractivity contribution in [1.82, 2.24) is 9.13 Å². The van der Waals surface area contributed by atoms with Crippen molar-refractivity contribution >= 4 is 108 Å².